The minimum atomic E-state index is -0.679. The summed E-state index contributed by atoms with van der Waals surface area (Å²) in [6, 6.07) is 0. The summed E-state index contributed by atoms with van der Waals surface area (Å²) in [6.45, 7) is 9.63. The zero-order valence-electron chi connectivity index (χ0n) is 14.4. The van der Waals surface area contributed by atoms with Gasteiger partial charge < -0.3 is 9.53 Å². The predicted octanol–water partition coefficient (Wildman–Crippen LogP) is 3.78. The average molecular weight is 314 g/mol. The van der Waals surface area contributed by atoms with E-state index in [-0.39, 0.29) is 30.8 Å². The van der Waals surface area contributed by atoms with Crippen LogP contribution in [0.1, 0.15) is 60.8 Å². The molecule has 0 unspecified atom stereocenters. The number of ketones is 2. The Morgan fingerprint density at radius 1 is 1.18 bits per heavy atom. The molecular weight excluding hydrogens is 287 g/mol. The fourth-order valence-electron chi connectivity index (χ4n) is 1.95. The van der Waals surface area contributed by atoms with Gasteiger partial charge in [-0.25, -0.2) is 4.39 Å². The van der Waals surface area contributed by atoms with Gasteiger partial charge in [-0.1, -0.05) is 6.92 Å². The number of allylic oxidation sites excluding steroid dienone is 2. The van der Waals surface area contributed by atoms with Gasteiger partial charge in [0.25, 0.3) is 0 Å². The van der Waals surface area contributed by atoms with Crippen LogP contribution in [0.5, 0.6) is 0 Å². The summed E-state index contributed by atoms with van der Waals surface area (Å²) >= 11 is 0. The van der Waals surface area contributed by atoms with Crippen LogP contribution < -0.4 is 0 Å². The van der Waals surface area contributed by atoms with Gasteiger partial charge in [0, 0.05) is 24.7 Å². The average Bonchev–Trinajstić information content (AvgIpc) is 2.30. The van der Waals surface area contributed by atoms with Gasteiger partial charge >= 0.3 is 5.97 Å². The molecule has 0 aromatic rings. The van der Waals surface area contributed by atoms with E-state index >= 15 is 0 Å². The molecule has 0 aliphatic carbocycles. The van der Waals surface area contributed by atoms with Crippen molar-refractivity contribution >= 4 is 17.5 Å². The number of ether oxygens (including phenoxy) is 1. The summed E-state index contributed by atoms with van der Waals surface area (Å²) in [6.07, 6.45) is 1.57. The smallest absolute Gasteiger partial charge is 0.306 e. The van der Waals surface area contributed by atoms with Crippen LogP contribution in [0.2, 0.25) is 0 Å². The van der Waals surface area contributed by atoms with Crippen LogP contribution in [0.4, 0.5) is 4.39 Å². The third-order valence-electron chi connectivity index (χ3n) is 3.03. The highest BCUT2D eigenvalue weighted by Crippen LogP contribution is 2.22. The minimum absolute atomic E-state index is 0.0480. The molecule has 0 radical (unpaired) electrons. The van der Waals surface area contributed by atoms with E-state index < -0.39 is 29.2 Å². The van der Waals surface area contributed by atoms with Gasteiger partial charge in [0.1, 0.15) is 17.2 Å². The van der Waals surface area contributed by atoms with Crippen LogP contribution in [0.15, 0.2) is 11.9 Å². The monoisotopic (exact) mass is 314 g/mol. The van der Waals surface area contributed by atoms with Crippen molar-refractivity contribution in [3.63, 3.8) is 0 Å². The zero-order valence-corrected chi connectivity index (χ0v) is 14.4. The number of halogens is 1. The Labute approximate surface area is 132 Å². The molecule has 0 bridgehead atoms. The van der Waals surface area contributed by atoms with Gasteiger partial charge in [-0.15, -0.1) is 0 Å². The topological polar surface area (TPSA) is 60.4 Å². The van der Waals surface area contributed by atoms with Gasteiger partial charge in [-0.05, 0) is 47.1 Å². The predicted molar refractivity (Wildman–Crippen MR) is 82.9 cm³/mol. The summed E-state index contributed by atoms with van der Waals surface area (Å²) in [4.78, 5) is 34.3. The molecule has 2 atom stereocenters. The van der Waals surface area contributed by atoms with Crippen LogP contribution in [0.3, 0.4) is 0 Å². The van der Waals surface area contributed by atoms with E-state index in [1.165, 1.54) is 19.9 Å². The number of carbonyl (C=O) groups is 3. The lowest BCUT2D eigenvalue weighted by molar-refractivity contribution is -0.155. The van der Waals surface area contributed by atoms with Crippen molar-refractivity contribution in [3.8, 4) is 0 Å². The third-order valence-corrected chi connectivity index (χ3v) is 3.03. The molecule has 0 aromatic carbocycles. The van der Waals surface area contributed by atoms with E-state index in [9.17, 15) is 18.8 Å². The first-order chi connectivity index (χ1) is 9.92. The highest BCUT2D eigenvalue weighted by atomic mass is 19.1. The SMILES string of the molecule is CC(=O)C[C@@H](C)/C(F)=C/[C@@H](CCC(=O)OC(C)(C)C)C(C)=O. The number of hydrogen-bond acceptors (Lipinski definition) is 4. The van der Waals surface area contributed by atoms with Crippen molar-refractivity contribution in [2.24, 2.45) is 11.8 Å². The maximum Gasteiger partial charge on any atom is 0.306 e. The normalized spacial score (nSPS) is 15.1. The van der Waals surface area contributed by atoms with Gasteiger partial charge in [0.2, 0.25) is 0 Å². The van der Waals surface area contributed by atoms with E-state index in [2.05, 4.69) is 0 Å². The lowest BCUT2D eigenvalue weighted by Gasteiger charge is -2.20. The molecule has 22 heavy (non-hydrogen) atoms. The molecule has 5 heteroatoms. The number of Topliss-reactive ketones (excluding diaryl/α,β-unsaturated/α-hetero) is 2. The maximum absolute atomic E-state index is 14.0. The van der Waals surface area contributed by atoms with E-state index in [1.54, 1.807) is 27.7 Å². The Hall–Kier alpha value is -1.52. The largest absolute Gasteiger partial charge is 0.460 e. The molecule has 0 aliphatic rings. The molecule has 0 amide bonds. The molecule has 0 aromatic heterocycles. The van der Waals surface area contributed by atoms with Crippen LogP contribution in [-0.2, 0) is 19.1 Å². The molecule has 0 saturated heterocycles. The van der Waals surface area contributed by atoms with Gasteiger partial charge in [0.15, 0.2) is 0 Å². The lowest BCUT2D eigenvalue weighted by Crippen LogP contribution is -2.24. The van der Waals surface area contributed by atoms with Crippen LogP contribution in [0, 0.1) is 11.8 Å². The summed E-state index contributed by atoms with van der Waals surface area (Å²) in [7, 11) is 0. The molecule has 0 spiro atoms. The lowest BCUT2D eigenvalue weighted by atomic mass is 9.94. The number of rotatable bonds is 8. The first-order valence-corrected chi connectivity index (χ1v) is 7.51. The van der Waals surface area contributed by atoms with E-state index in [0.29, 0.717) is 0 Å². The van der Waals surface area contributed by atoms with Crippen LogP contribution >= 0.6 is 0 Å². The third kappa shape index (κ3) is 9.42. The summed E-state index contributed by atoms with van der Waals surface area (Å²) in [5.74, 6) is -2.45. The van der Waals surface area contributed by atoms with Crippen molar-refractivity contribution in [2.75, 3.05) is 0 Å². The first-order valence-electron chi connectivity index (χ1n) is 7.51. The number of hydrogen-bond donors (Lipinski definition) is 0. The quantitative estimate of drug-likeness (QED) is 0.640. The molecule has 0 fully saturated rings. The van der Waals surface area contributed by atoms with Crippen LogP contribution in [-0.4, -0.2) is 23.1 Å². The van der Waals surface area contributed by atoms with Crippen molar-refractivity contribution in [3.05, 3.63) is 11.9 Å². The second-order valence-electron chi connectivity index (χ2n) is 6.70. The molecule has 4 nitrogen and oxygen atoms in total. The van der Waals surface area contributed by atoms with Crippen molar-refractivity contribution < 1.29 is 23.5 Å². The van der Waals surface area contributed by atoms with E-state index in [0.717, 1.165) is 0 Å². The highest BCUT2D eigenvalue weighted by Gasteiger charge is 2.21. The Morgan fingerprint density at radius 2 is 1.73 bits per heavy atom. The van der Waals surface area contributed by atoms with E-state index in [1.807, 2.05) is 0 Å². The molecule has 0 aliphatic heterocycles. The summed E-state index contributed by atoms with van der Waals surface area (Å²) in [5.41, 5.74) is -0.583. The maximum atomic E-state index is 14.0. The standard InChI is InChI=1S/C17H27FO4/c1-11(9-12(2)19)15(18)10-14(13(3)20)7-8-16(21)22-17(4,5)6/h10-11,14H,7-9H2,1-6H3/b15-10-/t11-,14-/m1/s1. The van der Waals surface area contributed by atoms with Gasteiger partial charge in [0.05, 0.1) is 5.83 Å². The molecule has 126 valence electrons. The van der Waals surface area contributed by atoms with Crippen LogP contribution in [0.25, 0.3) is 0 Å². The Morgan fingerprint density at radius 3 is 2.14 bits per heavy atom. The second kappa shape index (κ2) is 8.81. The summed E-state index contributed by atoms with van der Waals surface area (Å²) < 4.78 is 19.2. The Bertz CT molecular complexity index is 446. The Kier molecular flexibility index (Phi) is 8.20. The zero-order chi connectivity index (χ0) is 17.5. The molecule has 0 heterocycles. The number of carbonyl (C=O) groups excluding carboxylic acids is 3. The second-order valence-corrected chi connectivity index (χ2v) is 6.70. The molecule has 0 rings (SSSR count). The minimum Gasteiger partial charge on any atom is -0.460 e. The molecular formula is C17H27FO4. The fourth-order valence-corrected chi connectivity index (χ4v) is 1.95. The van der Waals surface area contributed by atoms with Gasteiger partial charge in [-0.3, -0.25) is 9.59 Å². The summed E-state index contributed by atoms with van der Waals surface area (Å²) in [5, 5.41) is 0. The molecule has 0 saturated carbocycles. The van der Waals surface area contributed by atoms with Crippen molar-refractivity contribution in [1.29, 1.82) is 0 Å². The first kappa shape index (κ1) is 20.5. The fraction of sp³-hybridized carbons (Fsp3) is 0.706. The van der Waals surface area contributed by atoms with Gasteiger partial charge in [-0.2, -0.15) is 0 Å². The van der Waals surface area contributed by atoms with Crippen molar-refractivity contribution in [2.45, 2.75) is 66.4 Å². The molecule has 0 N–H and O–H groups in total. The van der Waals surface area contributed by atoms with E-state index in [4.69, 9.17) is 4.74 Å². The highest BCUT2D eigenvalue weighted by molar-refractivity contribution is 5.81. The van der Waals surface area contributed by atoms with Crippen molar-refractivity contribution in [1.82, 2.24) is 0 Å². The number of esters is 1. The Balaban J connectivity index is 4.71.